The van der Waals surface area contributed by atoms with E-state index in [4.69, 9.17) is 0 Å². The minimum atomic E-state index is 0. The molecule has 0 saturated heterocycles. The third-order valence-corrected chi connectivity index (χ3v) is 1.21. The van der Waals surface area contributed by atoms with Gasteiger partial charge in [0.25, 0.3) is 0 Å². The second-order valence-corrected chi connectivity index (χ2v) is 2.06. The van der Waals surface area contributed by atoms with E-state index in [1.165, 1.54) is 32.1 Å². The van der Waals surface area contributed by atoms with E-state index in [9.17, 15) is 0 Å². The molecule has 0 amide bonds. The first-order chi connectivity index (χ1) is 4.41. The number of halogens is 2. The van der Waals surface area contributed by atoms with E-state index in [2.05, 4.69) is 18.8 Å². The Morgan fingerprint density at radius 2 is 1.17 bits per heavy atom. The van der Waals surface area contributed by atoms with Crippen LogP contribution in [0.5, 0.6) is 0 Å². The summed E-state index contributed by atoms with van der Waals surface area (Å²) in [6, 6.07) is 0. The fourth-order valence-corrected chi connectivity index (χ4v) is 0.677. The molecular weight excluding hydrogens is 413 g/mol. The van der Waals surface area contributed by atoms with Crippen LogP contribution in [0.4, 0.5) is 0 Å². The van der Waals surface area contributed by atoms with Gasteiger partial charge in [0.2, 0.25) is 0 Å². The van der Waals surface area contributed by atoms with Crippen molar-refractivity contribution in [2.75, 3.05) is 0 Å². The van der Waals surface area contributed by atoms with Crippen LogP contribution >= 0.6 is 46.6 Å². The standard InChI is InChI=1S/C7H16.CH2I.CH4.HI.V/c1-3-5-7-6-4-2;1-2;;;/h3-7H2,1-2H3;1H2;1H4;1H;/q;-1;;;. The Morgan fingerprint density at radius 3 is 1.33 bits per heavy atom. The van der Waals surface area contributed by atoms with E-state index in [-0.39, 0.29) is 50.0 Å². The SMILES string of the molecule is C.CCCCCCC.I.[CH2-]I.[V]. The fourth-order valence-electron chi connectivity index (χ4n) is 0.677. The second-order valence-electron chi connectivity index (χ2n) is 2.06. The Kier molecular flexibility index (Phi) is 92.8. The van der Waals surface area contributed by atoms with E-state index >= 15 is 0 Å². The van der Waals surface area contributed by atoms with Gasteiger partial charge in [-0.15, -0.1) is 24.0 Å². The molecule has 12 heavy (non-hydrogen) atoms. The number of hydrogen-bond donors (Lipinski definition) is 0. The summed E-state index contributed by atoms with van der Waals surface area (Å²) in [5.74, 6) is 0. The average molecular weight is 436 g/mol. The van der Waals surface area contributed by atoms with Crippen molar-refractivity contribution in [2.45, 2.75) is 53.4 Å². The molecule has 0 aliphatic rings. The van der Waals surface area contributed by atoms with Crippen LogP contribution in [-0.2, 0) is 18.6 Å². The summed E-state index contributed by atoms with van der Waals surface area (Å²) < 4.78 is 0. The number of hydrogen-bond acceptors (Lipinski definition) is 0. The third kappa shape index (κ3) is 40.2. The predicted octanol–water partition coefficient (Wildman–Crippen LogP) is 5.44. The molecule has 1 radical (unpaired) electrons. The van der Waals surface area contributed by atoms with Gasteiger partial charge < -0.3 is 22.6 Å². The minimum absolute atomic E-state index is 0. The molecule has 0 N–H and O–H groups in total. The monoisotopic (exact) mass is 436 g/mol. The minimum Gasteiger partial charge on any atom is -0.319 e. The molecule has 0 nitrogen and oxygen atoms in total. The molecule has 0 unspecified atom stereocenters. The molecule has 0 aromatic heterocycles. The molecule has 0 bridgehead atoms. The van der Waals surface area contributed by atoms with Gasteiger partial charge in [-0.3, -0.25) is 4.93 Å². The Bertz CT molecular complexity index is 31.7. The molecule has 0 aromatic carbocycles. The summed E-state index contributed by atoms with van der Waals surface area (Å²) in [6.45, 7) is 4.49. The maximum Gasteiger partial charge on any atom is 0 e. The number of rotatable bonds is 4. The van der Waals surface area contributed by atoms with Crippen LogP contribution in [0.25, 0.3) is 0 Å². The largest absolute Gasteiger partial charge is 0.319 e. The molecule has 79 valence electrons. The molecule has 0 aliphatic carbocycles. The van der Waals surface area contributed by atoms with Crippen molar-refractivity contribution in [3.8, 4) is 0 Å². The van der Waals surface area contributed by atoms with Crippen molar-refractivity contribution in [2.24, 2.45) is 0 Å². The van der Waals surface area contributed by atoms with E-state index < -0.39 is 0 Å². The molecule has 0 atom stereocenters. The Hall–Kier alpha value is 2.04. The van der Waals surface area contributed by atoms with Crippen molar-refractivity contribution < 1.29 is 18.6 Å². The summed E-state index contributed by atoms with van der Waals surface area (Å²) in [4.78, 5) is 3.22. The summed E-state index contributed by atoms with van der Waals surface area (Å²) in [7, 11) is 0. The third-order valence-electron chi connectivity index (χ3n) is 1.21. The van der Waals surface area contributed by atoms with Crippen LogP contribution in [0.3, 0.4) is 0 Å². The summed E-state index contributed by atoms with van der Waals surface area (Å²) in [6.07, 6.45) is 7.01. The van der Waals surface area contributed by atoms with E-state index in [1.807, 2.05) is 22.6 Å². The quantitative estimate of drug-likeness (QED) is 0.313. The molecule has 0 fully saturated rings. The van der Waals surface area contributed by atoms with E-state index in [0.29, 0.717) is 0 Å². The van der Waals surface area contributed by atoms with Gasteiger partial charge in [-0.05, 0) is 0 Å². The average Bonchev–Trinajstić information content (AvgIpc) is 1.94. The second kappa shape index (κ2) is 38.1. The summed E-state index contributed by atoms with van der Waals surface area (Å²) in [5.41, 5.74) is 0. The predicted molar refractivity (Wildman–Crippen MR) is 76.0 cm³/mol. The topological polar surface area (TPSA) is 0 Å². The molecule has 0 saturated carbocycles. The molecule has 0 rings (SSSR count). The van der Waals surface area contributed by atoms with Gasteiger partial charge in [0.05, 0.1) is 0 Å². The first-order valence-electron chi connectivity index (χ1n) is 3.68. The zero-order valence-corrected chi connectivity index (χ0v) is 13.4. The molecule has 0 aliphatic heterocycles. The number of unbranched alkanes of at least 4 members (excludes halogenated alkanes) is 4. The van der Waals surface area contributed by atoms with Crippen molar-refractivity contribution in [1.82, 2.24) is 0 Å². The van der Waals surface area contributed by atoms with Gasteiger partial charge >= 0.3 is 0 Å². The molecule has 0 aromatic rings. The van der Waals surface area contributed by atoms with Gasteiger partial charge in [0.1, 0.15) is 0 Å². The van der Waals surface area contributed by atoms with Crippen LogP contribution in [0.2, 0.25) is 0 Å². The van der Waals surface area contributed by atoms with E-state index in [0.717, 1.165) is 0 Å². The van der Waals surface area contributed by atoms with Gasteiger partial charge in [0.15, 0.2) is 0 Å². The van der Waals surface area contributed by atoms with Crippen molar-refractivity contribution in [1.29, 1.82) is 0 Å². The van der Waals surface area contributed by atoms with E-state index in [1.54, 1.807) is 0 Å². The van der Waals surface area contributed by atoms with Crippen LogP contribution in [0.1, 0.15) is 53.4 Å². The first-order valence-corrected chi connectivity index (χ1v) is 5.21. The zero-order chi connectivity index (χ0) is 7.54. The molecule has 3 heteroatoms. The Balaban J connectivity index is -0.0000000303. The van der Waals surface area contributed by atoms with Gasteiger partial charge in [-0.1, -0.05) is 53.4 Å². The molecular formula is C9H23I2V-. The van der Waals surface area contributed by atoms with Gasteiger partial charge in [-0.25, -0.2) is 0 Å². The summed E-state index contributed by atoms with van der Waals surface area (Å²) in [5, 5.41) is 0. The van der Waals surface area contributed by atoms with Gasteiger partial charge in [0, 0.05) is 18.6 Å². The fraction of sp³-hybridized carbons (Fsp3) is 0.889. The first kappa shape index (κ1) is 29.2. The van der Waals surface area contributed by atoms with Crippen LogP contribution in [0, 0.1) is 4.93 Å². The zero-order valence-electron chi connectivity index (χ0n) is 7.48. The Morgan fingerprint density at radius 1 is 0.917 bits per heavy atom. The maximum absolute atomic E-state index is 3.22. The van der Waals surface area contributed by atoms with Crippen LogP contribution in [0.15, 0.2) is 0 Å². The van der Waals surface area contributed by atoms with Gasteiger partial charge in [-0.2, -0.15) is 0 Å². The Labute approximate surface area is 122 Å². The van der Waals surface area contributed by atoms with Crippen molar-refractivity contribution in [3.63, 3.8) is 0 Å². The normalized spacial score (nSPS) is 6.00. The molecule has 0 heterocycles. The molecule has 0 spiro atoms. The maximum atomic E-state index is 3.22. The van der Waals surface area contributed by atoms with Crippen molar-refractivity contribution >= 4 is 46.6 Å². The van der Waals surface area contributed by atoms with Crippen LogP contribution < -0.4 is 0 Å². The summed E-state index contributed by atoms with van der Waals surface area (Å²) >= 11 is 1.90. The van der Waals surface area contributed by atoms with Crippen molar-refractivity contribution in [3.05, 3.63) is 4.93 Å². The smallest absolute Gasteiger partial charge is 0 e. The van der Waals surface area contributed by atoms with Crippen LogP contribution in [-0.4, -0.2) is 0 Å².